The molecule has 3 nitrogen and oxygen atoms in total. The second-order valence-electron chi connectivity index (χ2n) is 3.78. The van der Waals surface area contributed by atoms with Crippen LogP contribution in [0.5, 0.6) is 0 Å². The van der Waals surface area contributed by atoms with E-state index in [0.29, 0.717) is 0 Å². The average Bonchev–Trinajstić information content (AvgIpc) is 2.38. The number of morpholine rings is 1. The monoisotopic (exact) mass is 238 g/mol. The van der Waals surface area contributed by atoms with E-state index >= 15 is 0 Å². The largest absolute Gasteiger partial charge is 0.378 e. The molecule has 2 rings (SSSR count). The molecule has 0 aliphatic carbocycles. The van der Waals surface area contributed by atoms with Gasteiger partial charge in [-0.1, -0.05) is 6.92 Å². The van der Waals surface area contributed by atoms with E-state index in [4.69, 9.17) is 4.74 Å². The molecule has 0 aromatic carbocycles. The third-order valence-corrected chi connectivity index (χ3v) is 3.75. The lowest BCUT2D eigenvalue weighted by Crippen LogP contribution is -2.36. The van der Waals surface area contributed by atoms with Crippen LogP contribution in [0.3, 0.4) is 0 Å². The van der Waals surface area contributed by atoms with Crippen LogP contribution in [0, 0.1) is 0 Å². The molecule has 0 spiro atoms. The van der Waals surface area contributed by atoms with Gasteiger partial charge in [0, 0.05) is 19.3 Å². The summed E-state index contributed by atoms with van der Waals surface area (Å²) in [7, 11) is 0. The van der Waals surface area contributed by atoms with Crippen molar-refractivity contribution < 1.29 is 4.74 Å². The summed E-state index contributed by atoms with van der Waals surface area (Å²) in [5.41, 5.74) is 1.27. The molecular formula is C12H18N2OS. The molecule has 0 atom stereocenters. The Morgan fingerprint density at radius 2 is 2.25 bits per heavy atom. The van der Waals surface area contributed by atoms with Crippen LogP contribution in [0.1, 0.15) is 13.3 Å². The predicted octanol–water partition coefficient (Wildman–Crippen LogP) is 2.42. The van der Waals surface area contributed by atoms with E-state index in [1.165, 1.54) is 12.1 Å². The van der Waals surface area contributed by atoms with Gasteiger partial charge in [-0.2, -0.15) is 0 Å². The van der Waals surface area contributed by atoms with Gasteiger partial charge in [-0.25, -0.2) is 4.98 Å². The van der Waals surface area contributed by atoms with Crippen molar-refractivity contribution in [3.05, 3.63) is 18.3 Å². The molecule has 1 saturated heterocycles. The van der Waals surface area contributed by atoms with Gasteiger partial charge >= 0.3 is 0 Å². The molecule has 1 aliphatic rings. The molecule has 0 amide bonds. The highest BCUT2D eigenvalue weighted by Crippen LogP contribution is 2.28. The van der Waals surface area contributed by atoms with E-state index in [1.807, 2.05) is 24.0 Å². The number of nitrogens with zero attached hydrogens (tertiary/aromatic N) is 2. The van der Waals surface area contributed by atoms with Gasteiger partial charge in [0.1, 0.15) is 5.03 Å². The Labute approximate surface area is 101 Å². The third-order valence-electron chi connectivity index (χ3n) is 2.55. The minimum Gasteiger partial charge on any atom is -0.378 e. The summed E-state index contributed by atoms with van der Waals surface area (Å²) in [5, 5.41) is 1.16. The van der Waals surface area contributed by atoms with Gasteiger partial charge in [-0.05, 0) is 24.3 Å². The van der Waals surface area contributed by atoms with Gasteiger partial charge in [-0.3, -0.25) is 0 Å². The maximum absolute atomic E-state index is 5.37. The number of hydrogen-bond donors (Lipinski definition) is 0. The summed E-state index contributed by atoms with van der Waals surface area (Å²) in [6.45, 7) is 5.81. The van der Waals surface area contributed by atoms with Crippen LogP contribution < -0.4 is 4.90 Å². The molecule has 88 valence electrons. The first-order valence-electron chi connectivity index (χ1n) is 5.82. The lowest BCUT2D eigenvalue weighted by Gasteiger charge is -2.29. The van der Waals surface area contributed by atoms with Crippen molar-refractivity contribution in [1.29, 1.82) is 0 Å². The fourth-order valence-electron chi connectivity index (χ4n) is 1.74. The molecule has 1 aromatic rings. The quantitative estimate of drug-likeness (QED) is 0.752. The van der Waals surface area contributed by atoms with Crippen molar-refractivity contribution in [2.45, 2.75) is 18.4 Å². The average molecular weight is 238 g/mol. The fraction of sp³-hybridized carbons (Fsp3) is 0.583. The Bertz CT molecular complexity index is 327. The highest BCUT2D eigenvalue weighted by atomic mass is 32.2. The van der Waals surface area contributed by atoms with Gasteiger partial charge in [0.25, 0.3) is 0 Å². The fourth-order valence-corrected chi connectivity index (χ4v) is 2.62. The number of pyridine rings is 1. The molecule has 4 heteroatoms. The van der Waals surface area contributed by atoms with Gasteiger partial charge in [0.15, 0.2) is 0 Å². The van der Waals surface area contributed by atoms with Crippen molar-refractivity contribution in [1.82, 2.24) is 4.98 Å². The zero-order valence-electron chi connectivity index (χ0n) is 9.69. The summed E-state index contributed by atoms with van der Waals surface area (Å²) in [5.74, 6) is 1.13. The summed E-state index contributed by atoms with van der Waals surface area (Å²) >= 11 is 1.85. The van der Waals surface area contributed by atoms with Crippen LogP contribution in [0.15, 0.2) is 23.4 Å². The Balaban J connectivity index is 2.11. The van der Waals surface area contributed by atoms with Crippen molar-refractivity contribution in [2.24, 2.45) is 0 Å². The first-order valence-corrected chi connectivity index (χ1v) is 6.81. The lowest BCUT2D eigenvalue weighted by molar-refractivity contribution is 0.122. The minimum atomic E-state index is 0.826. The molecule has 1 fully saturated rings. The molecule has 0 radical (unpaired) electrons. The Morgan fingerprint density at radius 3 is 3.00 bits per heavy atom. The zero-order chi connectivity index (χ0) is 11.2. The van der Waals surface area contributed by atoms with Crippen LogP contribution in [0.4, 0.5) is 5.69 Å². The number of anilines is 1. The standard InChI is InChI=1S/C12H18N2OS/c1-2-10-16-12-11(4-3-5-13-12)14-6-8-15-9-7-14/h3-5H,2,6-10H2,1H3. The van der Waals surface area contributed by atoms with E-state index in [1.54, 1.807) is 0 Å². The van der Waals surface area contributed by atoms with Gasteiger partial charge in [0.2, 0.25) is 0 Å². The first-order chi connectivity index (χ1) is 7.92. The van der Waals surface area contributed by atoms with E-state index in [2.05, 4.69) is 22.9 Å². The summed E-state index contributed by atoms with van der Waals surface area (Å²) in [6, 6.07) is 4.18. The lowest BCUT2D eigenvalue weighted by atomic mass is 10.3. The van der Waals surface area contributed by atoms with Gasteiger partial charge < -0.3 is 9.64 Å². The highest BCUT2D eigenvalue weighted by molar-refractivity contribution is 7.99. The maximum atomic E-state index is 5.37. The summed E-state index contributed by atoms with van der Waals surface area (Å²) < 4.78 is 5.37. The third kappa shape index (κ3) is 2.89. The minimum absolute atomic E-state index is 0.826. The normalized spacial score (nSPS) is 16.4. The predicted molar refractivity (Wildman–Crippen MR) is 68.3 cm³/mol. The van der Waals surface area contributed by atoms with Gasteiger partial charge in [0.05, 0.1) is 18.9 Å². The number of hydrogen-bond acceptors (Lipinski definition) is 4. The molecule has 1 aromatic heterocycles. The van der Waals surface area contributed by atoms with Crippen molar-refractivity contribution in [3.8, 4) is 0 Å². The van der Waals surface area contributed by atoms with Crippen LogP contribution in [-0.4, -0.2) is 37.0 Å². The van der Waals surface area contributed by atoms with Crippen LogP contribution >= 0.6 is 11.8 Å². The van der Waals surface area contributed by atoms with E-state index in [0.717, 1.165) is 37.1 Å². The van der Waals surface area contributed by atoms with Crippen LogP contribution in [0.2, 0.25) is 0 Å². The second-order valence-corrected chi connectivity index (χ2v) is 4.86. The van der Waals surface area contributed by atoms with Crippen LogP contribution in [0.25, 0.3) is 0 Å². The van der Waals surface area contributed by atoms with Crippen molar-refractivity contribution in [2.75, 3.05) is 37.0 Å². The maximum Gasteiger partial charge on any atom is 0.119 e. The Kier molecular flexibility index (Phi) is 4.48. The molecule has 0 saturated carbocycles. The number of thioether (sulfide) groups is 1. The SMILES string of the molecule is CCCSc1ncccc1N1CCOCC1. The van der Waals surface area contributed by atoms with E-state index in [-0.39, 0.29) is 0 Å². The topological polar surface area (TPSA) is 25.4 Å². The summed E-state index contributed by atoms with van der Waals surface area (Å²) in [4.78, 5) is 6.84. The van der Waals surface area contributed by atoms with E-state index < -0.39 is 0 Å². The van der Waals surface area contributed by atoms with E-state index in [9.17, 15) is 0 Å². The first kappa shape index (κ1) is 11.7. The number of aromatic nitrogens is 1. The Morgan fingerprint density at radius 1 is 1.44 bits per heavy atom. The van der Waals surface area contributed by atoms with Crippen molar-refractivity contribution >= 4 is 17.4 Å². The molecule has 0 unspecified atom stereocenters. The van der Waals surface area contributed by atoms with Crippen molar-refractivity contribution in [3.63, 3.8) is 0 Å². The molecule has 0 N–H and O–H groups in total. The Hall–Kier alpha value is -0.740. The second kappa shape index (κ2) is 6.11. The smallest absolute Gasteiger partial charge is 0.119 e. The molecule has 1 aliphatic heterocycles. The number of ether oxygens (including phenoxy) is 1. The molecule has 2 heterocycles. The zero-order valence-corrected chi connectivity index (χ0v) is 10.5. The summed E-state index contributed by atoms with van der Waals surface area (Å²) in [6.07, 6.45) is 3.06. The number of rotatable bonds is 4. The highest BCUT2D eigenvalue weighted by Gasteiger charge is 2.15. The molecule has 16 heavy (non-hydrogen) atoms. The van der Waals surface area contributed by atoms with Gasteiger partial charge in [-0.15, -0.1) is 11.8 Å². The molecular weight excluding hydrogens is 220 g/mol. The molecule has 0 bridgehead atoms. The van der Waals surface area contributed by atoms with Crippen LogP contribution in [-0.2, 0) is 4.74 Å².